The van der Waals surface area contributed by atoms with Gasteiger partial charge in [0.05, 0.1) is 6.61 Å². The molecule has 0 fully saturated rings. The summed E-state index contributed by atoms with van der Waals surface area (Å²) < 4.78 is 75.4. The molecule has 0 aliphatic rings. The summed E-state index contributed by atoms with van der Waals surface area (Å²) in [6, 6.07) is 17.9. The molecule has 3 aromatic rings. The van der Waals surface area contributed by atoms with E-state index in [0.29, 0.717) is 18.7 Å². The van der Waals surface area contributed by atoms with Crippen LogP contribution in [0.3, 0.4) is 0 Å². The van der Waals surface area contributed by atoms with Crippen molar-refractivity contribution in [3.8, 4) is 22.6 Å². The quantitative estimate of drug-likeness (QED) is 0.140. The van der Waals surface area contributed by atoms with Gasteiger partial charge in [-0.15, -0.1) is 0 Å². The molecule has 0 heterocycles. The SMILES string of the molecule is CCCCCCCCCCOc1ccc(-c2ccc(COc3ccc(S(F)(F)(F)(F)F)cc3)cc2)cc1. The monoisotopic (exact) mass is 542 g/mol. The second-order valence-corrected chi connectivity index (χ2v) is 11.7. The first-order valence-electron chi connectivity index (χ1n) is 12.7. The van der Waals surface area contributed by atoms with Crippen molar-refractivity contribution >= 4 is 10.2 Å². The molecular formula is C29H35F5O2S. The first-order chi connectivity index (χ1) is 17.4. The molecule has 0 aliphatic carbocycles. The molecule has 0 saturated carbocycles. The Morgan fingerprint density at radius 3 is 1.54 bits per heavy atom. The van der Waals surface area contributed by atoms with Crippen molar-refractivity contribution in [2.24, 2.45) is 0 Å². The van der Waals surface area contributed by atoms with Crippen molar-refractivity contribution in [1.82, 2.24) is 0 Å². The average Bonchev–Trinajstić information content (AvgIpc) is 2.86. The molecule has 0 atom stereocenters. The Balaban J connectivity index is 1.42. The molecule has 37 heavy (non-hydrogen) atoms. The number of halogens is 5. The lowest BCUT2D eigenvalue weighted by molar-refractivity contribution is 0.304. The Labute approximate surface area is 216 Å². The molecule has 0 unspecified atom stereocenters. The number of hydrogen-bond acceptors (Lipinski definition) is 2. The molecule has 0 saturated heterocycles. The second-order valence-electron chi connectivity index (χ2n) is 9.27. The zero-order chi connectivity index (χ0) is 26.8. The van der Waals surface area contributed by atoms with Crippen molar-refractivity contribution in [3.63, 3.8) is 0 Å². The molecule has 8 heteroatoms. The fraction of sp³-hybridized carbons (Fsp3) is 0.379. The highest BCUT2D eigenvalue weighted by atomic mass is 32.5. The third kappa shape index (κ3) is 9.91. The van der Waals surface area contributed by atoms with Gasteiger partial charge in [0.15, 0.2) is 0 Å². The summed E-state index contributed by atoms with van der Waals surface area (Å²) in [6.45, 7) is 3.04. The maximum absolute atomic E-state index is 12.8. The van der Waals surface area contributed by atoms with Gasteiger partial charge in [0.25, 0.3) is 0 Å². The Morgan fingerprint density at radius 1 is 0.541 bits per heavy atom. The van der Waals surface area contributed by atoms with Crippen LogP contribution < -0.4 is 9.47 Å². The molecule has 0 spiro atoms. The van der Waals surface area contributed by atoms with Crippen molar-refractivity contribution in [3.05, 3.63) is 78.4 Å². The van der Waals surface area contributed by atoms with E-state index in [1.165, 1.54) is 44.9 Å². The summed E-state index contributed by atoms with van der Waals surface area (Å²) >= 11 is 0. The van der Waals surface area contributed by atoms with Crippen LogP contribution in [0.1, 0.15) is 63.9 Å². The predicted molar refractivity (Wildman–Crippen MR) is 142 cm³/mol. The van der Waals surface area contributed by atoms with Gasteiger partial charge in [-0.2, -0.15) is 0 Å². The second kappa shape index (κ2) is 11.8. The summed E-state index contributed by atoms with van der Waals surface area (Å²) in [4.78, 5) is -1.93. The van der Waals surface area contributed by atoms with Gasteiger partial charge in [-0.25, -0.2) is 0 Å². The minimum absolute atomic E-state index is 0.0808. The van der Waals surface area contributed by atoms with Crippen molar-refractivity contribution < 1.29 is 28.9 Å². The van der Waals surface area contributed by atoms with Crippen LogP contribution in [0, 0.1) is 0 Å². The Hall–Kier alpha value is -2.74. The van der Waals surface area contributed by atoms with Crippen molar-refractivity contribution in [2.75, 3.05) is 6.61 Å². The molecule has 0 bridgehead atoms. The van der Waals surface area contributed by atoms with E-state index >= 15 is 0 Å². The first kappa shape index (κ1) is 28.8. The van der Waals surface area contributed by atoms with E-state index in [0.717, 1.165) is 41.0 Å². The number of unbranched alkanes of at least 4 members (excludes halogenated alkanes) is 7. The van der Waals surface area contributed by atoms with Crippen LogP contribution in [0.4, 0.5) is 19.4 Å². The van der Waals surface area contributed by atoms with E-state index in [1.54, 1.807) is 0 Å². The van der Waals surface area contributed by atoms with E-state index in [9.17, 15) is 19.4 Å². The van der Waals surface area contributed by atoms with Crippen LogP contribution in [0.25, 0.3) is 11.1 Å². The highest BCUT2D eigenvalue weighted by Crippen LogP contribution is 3.02. The van der Waals surface area contributed by atoms with Crippen LogP contribution in [-0.2, 0) is 6.61 Å². The van der Waals surface area contributed by atoms with Gasteiger partial charge in [0.2, 0.25) is 0 Å². The van der Waals surface area contributed by atoms with Gasteiger partial charge in [-0.05, 0) is 59.5 Å². The number of rotatable bonds is 15. The summed E-state index contributed by atoms with van der Waals surface area (Å²) in [6.07, 6.45) is 10.1. The lowest BCUT2D eigenvalue weighted by atomic mass is 10.0. The Bertz CT molecular complexity index is 1100. The minimum atomic E-state index is -9.67. The molecule has 0 aliphatic heterocycles. The first-order valence-corrected chi connectivity index (χ1v) is 14.7. The maximum atomic E-state index is 12.8. The molecule has 2 nitrogen and oxygen atoms in total. The molecule has 204 valence electrons. The smallest absolute Gasteiger partial charge is 0.310 e. The van der Waals surface area contributed by atoms with Gasteiger partial charge < -0.3 is 9.47 Å². The highest BCUT2D eigenvalue weighted by Gasteiger charge is 2.65. The van der Waals surface area contributed by atoms with Crippen LogP contribution in [0.2, 0.25) is 0 Å². The zero-order valence-corrected chi connectivity index (χ0v) is 21.9. The predicted octanol–water partition coefficient (Wildman–Crippen LogP) is 11.1. The fourth-order valence-corrected chi connectivity index (χ4v) is 4.57. The van der Waals surface area contributed by atoms with E-state index in [4.69, 9.17) is 9.47 Å². The van der Waals surface area contributed by atoms with Crippen LogP contribution in [-0.4, -0.2) is 6.61 Å². The Kier molecular flexibility index (Phi) is 9.16. The summed E-state index contributed by atoms with van der Waals surface area (Å²) in [5.74, 6) is 0.921. The van der Waals surface area contributed by atoms with E-state index in [-0.39, 0.29) is 12.4 Å². The average molecular weight is 543 g/mol. The van der Waals surface area contributed by atoms with Crippen molar-refractivity contribution in [2.45, 2.75) is 69.8 Å². The van der Waals surface area contributed by atoms with Crippen LogP contribution >= 0.6 is 10.2 Å². The van der Waals surface area contributed by atoms with Gasteiger partial charge >= 0.3 is 10.2 Å². The lowest BCUT2D eigenvalue weighted by Gasteiger charge is -2.40. The topological polar surface area (TPSA) is 18.5 Å². The number of benzene rings is 3. The van der Waals surface area contributed by atoms with Gasteiger partial charge in [-0.3, -0.25) is 0 Å². The third-order valence-corrected chi connectivity index (χ3v) is 7.25. The standard InChI is InChI=1S/C29H35F5O2S/c1-2-3-4-5-6-7-8-9-22-35-27-16-14-26(15-17-27)25-12-10-24(11-13-25)23-36-28-18-20-29(21-19-28)37(30,31,32,33)34/h10-21H,2-9,22-23H2,1H3. The Morgan fingerprint density at radius 2 is 1.00 bits per heavy atom. The summed E-state index contributed by atoms with van der Waals surface area (Å²) in [5, 5.41) is 0. The van der Waals surface area contributed by atoms with Crippen LogP contribution in [0.15, 0.2) is 77.7 Å². The minimum Gasteiger partial charge on any atom is -0.494 e. The summed E-state index contributed by atoms with van der Waals surface area (Å²) in [7, 11) is -9.67. The van der Waals surface area contributed by atoms with Crippen LogP contribution in [0.5, 0.6) is 11.5 Å². The van der Waals surface area contributed by atoms with E-state index in [1.807, 2.05) is 48.5 Å². The normalized spacial score (nSPS) is 13.6. The molecule has 0 amide bonds. The fourth-order valence-electron chi connectivity index (χ4n) is 3.92. The van der Waals surface area contributed by atoms with E-state index in [2.05, 4.69) is 6.92 Å². The highest BCUT2D eigenvalue weighted by molar-refractivity contribution is 8.45. The molecule has 3 rings (SSSR count). The number of ether oxygens (including phenoxy) is 2. The maximum Gasteiger partial charge on any atom is 0.310 e. The molecular weight excluding hydrogens is 507 g/mol. The molecule has 0 N–H and O–H groups in total. The summed E-state index contributed by atoms with van der Waals surface area (Å²) in [5.41, 5.74) is 2.82. The number of hydrogen-bond donors (Lipinski definition) is 0. The van der Waals surface area contributed by atoms with Crippen molar-refractivity contribution in [1.29, 1.82) is 0 Å². The molecule has 3 aromatic carbocycles. The largest absolute Gasteiger partial charge is 0.494 e. The van der Waals surface area contributed by atoms with Gasteiger partial charge in [0, 0.05) is 0 Å². The third-order valence-electron chi connectivity index (χ3n) is 6.08. The molecule has 0 aromatic heterocycles. The lowest BCUT2D eigenvalue weighted by Crippen LogP contribution is -2.05. The molecule has 0 radical (unpaired) electrons. The van der Waals surface area contributed by atoms with Gasteiger partial charge in [-0.1, -0.05) is 108 Å². The van der Waals surface area contributed by atoms with E-state index < -0.39 is 15.1 Å². The van der Waals surface area contributed by atoms with Gasteiger partial charge in [0.1, 0.15) is 23.0 Å². The zero-order valence-electron chi connectivity index (χ0n) is 21.1.